The van der Waals surface area contributed by atoms with Crippen molar-refractivity contribution in [2.24, 2.45) is 0 Å². The van der Waals surface area contributed by atoms with E-state index in [1.54, 1.807) is 19.1 Å². The molecule has 4 nitrogen and oxygen atoms in total. The summed E-state index contributed by atoms with van der Waals surface area (Å²) in [6.45, 7) is 1.70. The van der Waals surface area contributed by atoms with Crippen LogP contribution in [-0.4, -0.2) is 7.11 Å². The van der Waals surface area contributed by atoms with Gasteiger partial charge in [0.25, 0.3) is 0 Å². The molecule has 19 heavy (non-hydrogen) atoms. The molecule has 0 saturated heterocycles. The highest BCUT2D eigenvalue weighted by molar-refractivity contribution is 5.83. The molecule has 2 heterocycles. The lowest BCUT2D eigenvalue weighted by molar-refractivity contribution is 0.397. The van der Waals surface area contributed by atoms with Crippen molar-refractivity contribution in [3.05, 3.63) is 52.6 Å². The fourth-order valence-electron chi connectivity index (χ4n) is 2.07. The van der Waals surface area contributed by atoms with Gasteiger partial charge >= 0.3 is 5.63 Å². The average Bonchev–Trinajstić information content (AvgIpc) is 2.80. The quantitative estimate of drug-likeness (QED) is 0.705. The first-order chi connectivity index (χ1) is 9.19. The zero-order valence-electron chi connectivity index (χ0n) is 10.6. The van der Waals surface area contributed by atoms with E-state index in [0.717, 1.165) is 11.0 Å². The van der Waals surface area contributed by atoms with Crippen LogP contribution in [0.1, 0.15) is 5.76 Å². The molecule has 0 unspecified atom stereocenters. The molecule has 0 saturated carbocycles. The molecule has 3 rings (SSSR count). The molecule has 0 atom stereocenters. The highest BCUT2D eigenvalue weighted by atomic mass is 16.5. The van der Waals surface area contributed by atoms with Gasteiger partial charge in [-0.3, -0.25) is 0 Å². The van der Waals surface area contributed by atoms with Crippen LogP contribution in [0.15, 0.2) is 50.0 Å². The molecule has 3 aromatic rings. The van der Waals surface area contributed by atoms with E-state index in [9.17, 15) is 4.79 Å². The Balaban J connectivity index is 2.29. The van der Waals surface area contributed by atoms with Gasteiger partial charge in [-0.2, -0.15) is 0 Å². The summed E-state index contributed by atoms with van der Waals surface area (Å²) >= 11 is 0. The number of benzene rings is 1. The molecule has 0 aliphatic carbocycles. The van der Waals surface area contributed by atoms with Crippen molar-refractivity contribution in [3.63, 3.8) is 0 Å². The second kappa shape index (κ2) is 4.31. The molecule has 0 radical (unpaired) electrons. The number of ether oxygens (including phenoxy) is 1. The molecular formula is C15H12O4. The molecule has 0 aliphatic rings. The molecule has 0 aliphatic heterocycles. The SMILES string of the molecule is COc1cc(C)oc(=O)c1-c1cc2ccccc2o1. The van der Waals surface area contributed by atoms with Crippen molar-refractivity contribution >= 4 is 11.0 Å². The van der Waals surface area contributed by atoms with E-state index in [1.807, 2.05) is 24.3 Å². The average molecular weight is 256 g/mol. The lowest BCUT2D eigenvalue weighted by Gasteiger charge is -2.04. The predicted molar refractivity (Wildman–Crippen MR) is 71.5 cm³/mol. The minimum Gasteiger partial charge on any atom is -0.496 e. The van der Waals surface area contributed by atoms with Gasteiger partial charge in [0.2, 0.25) is 0 Å². The number of furan rings is 1. The second-order valence-electron chi connectivity index (χ2n) is 4.24. The summed E-state index contributed by atoms with van der Waals surface area (Å²) < 4.78 is 16.0. The van der Waals surface area contributed by atoms with Crippen LogP contribution in [0.5, 0.6) is 5.75 Å². The van der Waals surface area contributed by atoms with Gasteiger partial charge in [0.15, 0.2) is 0 Å². The molecule has 0 N–H and O–H groups in total. The van der Waals surface area contributed by atoms with Gasteiger partial charge < -0.3 is 13.6 Å². The Morgan fingerprint density at radius 2 is 1.89 bits per heavy atom. The van der Waals surface area contributed by atoms with Crippen LogP contribution in [0.2, 0.25) is 0 Å². The van der Waals surface area contributed by atoms with E-state index < -0.39 is 5.63 Å². The highest BCUT2D eigenvalue weighted by Gasteiger charge is 2.17. The largest absolute Gasteiger partial charge is 0.496 e. The molecule has 2 aromatic heterocycles. The monoisotopic (exact) mass is 256 g/mol. The topological polar surface area (TPSA) is 52.6 Å². The Kier molecular flexibility index (Phi) is 2.63. The summed E-state index contributed by atoms with van der Waals surface area (Å²) in [6, 6.07) is 11.0. The van der Waals surface area contributed by atoms with Crippen molar-refractivity contribution in [3.8, 4) is 17.1 Å². The number of para-hydroxylation sites is 1. The van der Waals surface area contributed by atoms with Crippen LogP contribution in [0, 0.1) is 6.92 Å². The minimum atomic E-state index is -0.462. The van der Waals surface area contributed by atoms with Crippen LogP contribution >= 0.6 is 0 Å². The van der Waals surface area contributed by atoms with Crippen molar-refractivity contribution < 1.29 is 13.6 Å². The molecule has 0 bridgehead atoms. The van der Waals surface area contributed by atoms with Crippen LogP contribution in [0.3, 0.4) is 0 Å². The first kappa shape index (κ1) is 11.6. The Bertz CT molecular complexity index is 762. The molecule has 0 spiro atoms. The number of aryl methyl sites for hydroxylation is 1. The van der Waals surface area contributed by atoms with E-state index >= 15 is 0 Å². The molecule has 96 valence electrons. The van der Waals surface area contributed by atoms with Gasteiger partial charge in [0.1, 0.15) is 28.4 Å². The van der Waals surface area contributed by atoms with Crippen LogP contribution < -0.4 is 10.4 Å². The van der Waals surface area contributed by atoms with Gasteiger partial charge in [0.05, 0.1) is 7.11 Å². The first-order valence-corrected chi connectivity index (χ1v) is 5.87. The Morgan fingerprint density at radius 3 is 2.63 bits per heavy atom. The predicted octanol–water partition coefficient (Wildman–Crippen LogP) is 3.37. The molecular weight excluding hydrogens is 244 g/mol. The van der Waals surface area contributed by atoms with Crippen molar-refractivity contribution in [1.82, 2.24) is 0 Å². The van der Waals surface area contributed by atoms with Crippen molar-refractivity contribution in [1.29, 1.82) is 0 Å². The summed E-state index contributed by atoms with van der Waals surface area (Å²) in [5.74, 6) is 1.40. The summed E-state index contributed by atoms with van der Waals surface area (Å²) in [5, 5.41) is 0.930. The summed E-state index contributed by atoms with van der Waals surface area (Å²) in [7, 11) is 1.51. The highest BCUT2D eigenvalue weighted by Crippen LogP contribution is 2.31. The number of hydrogen-bond donors (Lipinski definition) is 0. The summed E-state index contributed by atoms with van der Waals surface area (Å²) in [4.78, 5) is 12.0. The molecule has 0 amide bonds. The molecule has 4 heteroatoms. The first-order valence-electron chi connectivity index (χ1n) is 5.87. The van der Waals surface area contributed by atoms with Crippen LogP contribution in [-0.2, 0) is 0 Å². The molecule has 1 aromatic carbocycles. The third kappa shape index (κ3) is 1.91. The second-order valence-corrected chi connectivity index (χ2v) is 4.24. The van der Waals surface area contributed by atoms with E-state index in [2.05, 4.69) is 0 Å². The summed E-state index contributed by atoms with van der Waals surface area (Å²) in [5.41, 5.74) is 0.569. The lowest BCUT2D eigenvalue weighted by Crippen LogP contribution is -2.05. The Hall–Kier alpha value is -2.49. The van der Waals surface area contributed by atoms with E-state index in [1.165, 1.54) is 7.11 Å². The van der Waals surface area contributed by atoms with Gasteiger partial charge in [-0.05, 0) is 19.1 Å². The maximum atomic E-state index is 12.0. The minimum absolute atomic E-state index is 0.310. The maximum Gasteiger partial charge on any atom is 0.350 e. The summed E-state index contributed by atoms with van der Waals surface area (Å²) in [6.07, 6.45) is 0. The zero-order valence-corrected chi connectivity index (χ0v) is 10.6. The van der Waals surface area contributed by atoms with Gasteiger partial charge in [0, 0.05) is 11.5 Å². The fourth-order valence-corrected chi connectivity index (χ4v) is 2.07. The fraction of sp³-hybridized carbons (Fsp3) is 0.133. The van der Waals surface area contributed by atoms with E-state index in [0.29, 0.717) is 22.8 Å². The van der Waals surface area contributed by atoms with Gasteiger partial charge in [-0.25, -0.2) is 4.79 Å². The Labute approximate surface area is 109 Å². The lowest BCUT2D eigenvalue weighted by atomic mass is 10.2. The smallest absolute Gasteiger partial charge is 0.350 e. The maximum absolute atomic E-state index is 12.0. The van der Waals surface area contributed by atoms with E-state index in [4.69, 9.17) is 13.6 Å². The number of fused-ring (bicyclic) bond motifs is 1. The Morgan fingerprint density at radius 1 is 1.11 bits per heavy atom. The molecule has 0 fully saturated rings. The van der Waals surface area contributed by atoms with Crippen LogP contribution in [0.25, 0.3) is 22.3 Å². The zero-order chi connectivity index (χ0) is 13.4. The number of rotatable bonds is 2. The van der Waals surface area contributed by atoms with Crippen molar-refractivity contribution in [2.45, 2.75) is 6.92 Å². The van der Waals surface area contributed by atoms with Crippen LogP contribution in [0.4, 0.5) is 0 Å². The van der Waals surface area contributed by atoms with Gasteiger partial charge in [-0.15, -0.1) is 0 Å². The van der Waals surface area contributed by atoms with Gasteiger partial charge in [-0.1, -0.05) is 18.2 Å². The number of hydrogen-bond acceptors (Lipinski definition) is 4. The normalized spacial score (nSPS) is 10.8. The van der Waals surface area contributed by atoms with E-state index in [-0.39, 0.29) is 0 Å². The van der Waals surface area contributed by atoms with Crippen molar-refractivity contribution in [2.75, 3.05) is 7.11 Å². The standard InChI is InChI=1S/C15H12O4/c1-9-7-12(17-2)14(15(16)18-9)13-8-10-5-3-4-6-11(10)19-13/h3-8H,1-2H3. The third-order valence-corrected chi connectivity index (χ3v) is 2.93. The number of methoxy groups -OCH3 is 1. The third-order valence-electron chi connectivity index (χ3n) is 2.93.